The van der Waals surface area contributed by atoms with Crippen LogP contribution in [0.25, 0.3) is 22.4 Å². The van der Waals surface area contributed by atoms with E-state index in [4.69, 9.17) is 11.6 Å². The topological polar surface area (TPSA) is 109 Å². The van der Waals surface area contributed by atoms with Gasteiger partial charge in [0.25, 0.3) is 0 Å². The van der Waals surface area contributed by atoms with Crippen molar-refractivity contribution in [1.29, 1.82) is 0 Å². The van der Waals surface area contributed by atoms with Gasteiger partial charge < -0.3 is 4.98 Å². The molecule has 0 aromatic carbocycles. The molecule has 0 aliphatic heterocycles. The first-order valence-corrected chi connectivity index (χ1v) is 9.93. The highest BCUT2D eigenvalue weighted by molar-refractivity contribution is 6.31. The molecule has 4 heterocycles. The van der Waals surface area contributed by atoms with Crippen molar-refractivity contribution in [3.8, 4) is 11.4 Å². The van der Waals surface area contributed by atoms with Gasteiger partial charge in [0.1, 0.15) is 5.65 Å². The fourth-order valence-electron chi connectivity index (χ4n) is 4.17. The Kier molecular flexibility index (Phi) is 4.67. The molecular formula is C19H18ClFN8. The second kappa shape index (κ2) is 7.47. The van der Waals surface area contributed by atoms with Gasteiger partial charge in [-0.1, -0.05) is 29.7 Å². The number of rotatable bonds is 4. The van der Waals surface area contributed by atoms with E-state index in [-0.39, 0.29) is 11.7 Å². The van der Waals surface area contributed by atoms with Gasteiger partial charge in [-0.25, -0.2) is 19.3 Å². The van der Waals surface area contributed by atoms with Gasteiger partial charge in [-0.2, -0.15) is 5.21 Å². The van der Waals surface area contributed by atoms with Crippen molar-refractivity contribution < 1.29 is 4.39 Å². The zero-order chi connectivity index (χ0) is 19.8. The van der Waals surface area contributed by atoms with E-state index in [9.17, 15) is 4.39 Å². The van der Waals surface area contributed by atoms with Crippen molar-refractivity contribution in [2.75, 3.05) is 0 Å². The molecule has 5 rings (SSSR count). The Labute approximate surface area is 170 Å². The van der Waals surface area contributed by atoms with Crippen LogP contribution in [-0.4, -0.2) is 40.6 Å². The molecule has 10 heteroatoms. The third-order valence-electron chi connectivity index (χ3n) is 5.55. The number of nitrogens with zero attached hydrogens (tertiary/aromatic N) is 6. The standard InChI is InChI=1S/C19H18ClFN8/c20-12-6-13-14(8-23-18(13)22-7-12)19-24-9-15(21)16(25-19)5-10-2-1-3-11(4-10)17-26-28-29-27-17/h6-11H,1-5H2,(H,22,23)(H,26,27,28,29)/t10-,11+/m0/s1. The van der Waals surface area contributed by atoms with Crippen LogP contribution in [0.4, 0.5) is 4.39 Å². The molecule has 0 spiro atoms. The summed E-state index contributed by atoms with van der Waals surface area (Å²) in [5, 5.41) is 15.7. The fourth-order valence-corrected chi connectivity index (χ4v) is 4.32. The monoisotopic (exact) mass is 412 g/mol. The van der Waals surface area contributed by atoms with Gasteiger partial charge in [-0.05, 0) is 31.2 Å². The SMILES string of the molecule is Fc1cnc(-c2c[nH]c3ncc(Cl)cc23)nc1C[C@H]1CCC[C@@H](c2nn[nH]n2)C1. The molecule has 148 valence electrons. The Morgan fingerprint density at radius 3 is 3.00 bits per heavy atom. The molecule has 1 aliphatic carbocycles. The Balaban J connectivity index is 1.41. The fraction of sp³-hybridized carbons (Fsp3) is 0.368. The highest BCUT2D eigenvalue weighted by atomic mass is 35.5. The molecule has 4 aromatic rings. The number of H-pyrrole nitrogens is 2. The zero-order valence-electron chi connectivity index (χ0n) is 15.4. The van der Waals surface area contributed by atoms with Gasteiger partial charge >= 0.3 is 0 Å². The average Bonchev–Trinajstić information content (AvgIpc) is 3.40. The lowest BCUT2D eigenvalue weighted by atomic mass is 9.79. The van der Waals surface area contributed by atoms with Crippen molar-refractivity contribution in [3.63, 3.8) is 0 Å². The largest absolute Gasteiger partial charge is 0.345 e. The Morgan fingerprint density at radius 1 is 1.21 bits per heavy atom. The van der Waals surface area contributed by atoms with Crippen LogP contribution < -0.4 is 0 Å². The molecule has 0 saturated heterocycles. The summed E-state index contributed by atoms with van der Waals surface area (Å²) in [6, 6.07) is 1.80. The van der Waals surface area contributed by atoms with E-state index in [1.165, 1.54) is 6.20 Å². The molecule has 1 aliphatic rings. The number of hydrogen-bond donors (Lipinski definition) is 2. The number of fused-ring (bicyclic) bond motifs is 1. The molecular weight excluding hydrogens is 395 g/mol. The predicted octanol–water partition coefficient (Wildman–Crippen LogP) is 3.84. The molecule has 8 nitrogen and oxygen atoms in total. The minimum atomic E-state index is -0.383. The molecule has 1 fully saturated rings. The number of halogens is 2. The summed E-state index contributed by atoms with van der Waals surface area (Å²) in [5.41, 5.74) is 1.87. The Bertz CT molecular complexity index is 1140. The third kappa shape index (κ3) is 3.57. The lowest BCUT2D eigenvalue weighted by molar-refractivity contribution is 0.308. The van der Waals surface area contributed by atoms with Gasteiger partial charge in [0.05, 0.1) is 16.9 Å². The highest BCUT2D eigenvalue weighted by Crippen LogP contribution is 2.36. The van der Waals surface area contributed by atoms with Crippen molar-refractivity contribution in [3.05, 3.63) is 47.0 Å². The number of tetrazole rings is 1. The first-order chi connectivity index (χ1) is 14.2. The van der Waals surface area contributed by atoms with Crippen LogP contribution in [0.3, 0.4) is 0 Å². The molecule has 0 amide bonds. The van der Waals surface area contributed by atoms with Gasteiger partial charge in [-0.3, -0.25) is 0 Å². The molecule has 2 N–H and O–H groups in total. The van der Waals surface area contributed by atoms with Crippen molar-refractivity contribution >= 4 is 22.6 Å². The van der Waals surface area contributed by atoms with E-state index in [1.807, 2.05) is 0 Å². The van der Waals surface area contributed by atoms with E-state index in [1.54, 1.807) is 18.5 Å². The van der Waals surface area contributed by atoms with Crippen LogP contribution in [-0.2, 0) is 6.42 Å². The molecule has 4 aromatic heterocycles. The second-order valence-corrected chi connectivity index (χ2v) is 7.88. The van der Waals surface area contributed by atoms with Gasteiger partial charge in [0, 0.05) is 29.3 Å². The summed E-state index contributed by atoms with van der Waals surface area (Å²) in [6.07, 6.45) is 9.14. The van der Waals surface area contributed by atoms with Gasteiger partial charge in [-0.15, -0.1) is 10.2 Å². The number of aromatic nitrogens is 8. The molecule has 29 heavy (non-hydrogen) atoms. The van der Waals surface area contributed by atoms with Crippen LogP contribution in [0.15, 0.2) is 24.7 Å². The molecule has 1 saturated carbocycles. The molecule has 2 atom stereocenters. The summed E-state index contributed by atoms with van der Waals surface area (Å²) in [7, 11) is 0. The van der Waals surface area contributed by atoms with Crippen LogP contribution in [0.5, 0.6) is 0 Å². The van der Waals surface area contributed by atoms with E-state index in [0.29, 0.717) is 34.5 Å². The van der Waals surface area contributed by atoms with E-state index < -0.39 is 0 Å². The summed E-state index contributed by atoms with van der Waals surface area (Å²) >= 11 is 6.08. The third-order valence-corrected chi connectivity index (χ3v) is 5.75. The number of hydrogen-bond acceptors (Lipinski definition) is 6. The van der Waals surface area contributed by atoms with Crippen LogP contribution in [0.1, 0.15) is 43.1 Å². The minimum absolute atomic E-state index is 0.249. The van der Waals surface area contributed by atoms with Gasteiger partial charge in [0.2, 0.25) is 0 Å². The lowest BCUT2D eigenvalue weighted by Crippen LogP contribution is -2.18. The van der Waals surface area contributed by atoms with Crippen molar-refractivity contribution in [2.45, 2.75) is 38.0 Å². The van der Waals surface area contributed by atoms with Crippen molar-refractivity contribution in [2.24, 2.45) is 5.92 Å². The molecule has 0 bridgehead atoms. The summed E-state index contributed by atoms with van der Waals surface area (Å²) in [5.74, 6) is 1.37. The summed E-state index contributed by atoms with van der Waals surface area (Å²) in [6.45, 7) is 0. The van der Waals surface area contributed by atoms with E-state index in [2.05, 4.69) is 40.6 Å². The Morgan fingerprint density at radius 2 is 2.14 bits per heavy atom. The molecule has 0 radical (unpaired) electrons. The molecule has 0 unspecified atom stereocenters. The summed E-state index contributed by atoms with van der Waals surface area (Å²) in [4.78, 5) is 16.1. The van der Waals surface area contributed by atoms with E-state index in [0.717, 1.165) is 42.5 Å². The Hall–Kier alpha value is -2.94. The van der Waals surface area contributed by atoms with E-state index >= 15 is 0 Å². The maximum atomic E-state index is 14.5. The minimum Gasteiger partial charge on any atom is -0.345 e. The maximum absolute atomic E-state index is 14.5. The highest BCUT2D eigenvalue weighted by Gasteiger charge is 2.27. The zero-order valence-corrected chi connectivity index (χ0v) is 16.2. The average molecular weight is 413 g/mol. The second-order valence-electron chi connectivity index (χ2n) is 7.44. The van der Waals surface area contributed by atoms with Crippen LogP contribution in [0, 0.1) is 11.7 Å². The summed E-state index contributed by atoms with van der Waals surface area (Å²) < 4.78 is 14.5. The number of aromatic amines is 2. The quantitative estimate of drug-likeness (QED) is 0.527. The number of pyridine rings is 1. The predicted molar refractivity (Wildman–Crippen MR) is 105 cm³/mol. The normalized spacial score (nSPS) is 19.7. The maximum Gasteiger partial charge on any atom is 0.177 e. The lowest BCUT2D eigenvalue weighted by Gasteiger charge is -2.27. The first kappa shape index (κ1) is 18.1. The van der Waals surface area contributed by atoms with Crippen molar-refractivity contribution in [1.82, 2.24) is 40.6 Å². The smallest absolute Gasteiger partial charge is 0.177 e. The number of nitrogens with one attached hydrogen (secondary N) is 2. The van der Waals surface area contributed by atoms with Gasteiger partial charge in [0.15, 0.2) is 17.5 Å². The van der Waals surface area contributed by atoms with Crippen LogP contribution >= 0.6 is 11.6 Å². The first-order valence-electron chi connectivity index (χ1n) is 9.55. The van der Waals surface area contributed by atoms with Crippen LogP contribution in [0.2, 0.25) is 5.02 Å².